The first-order valence-electron chi connectivity index (χ1n) is 5.99. The Balaban J connectivity index is 2.67. The van der Waals surface area contributed by atoms with E-state index in [4.69, 9.17) is 14.6 Å². The van der Waals surface area contributed by atoms with E-state index < -0.39 is 5.97 Å². The minimum Gasteiger partial charge on any atom is -0.497 e. The van der Waals surface area contributed by atoms with Crippen molar-refractivity contribution in [2.75, 3.05) is 14.2 Å². The summed E-state index contributed by atoms with van der Waals surface area (Å²) in [4.78, 5) is 10.6. The number of hydrogen-bond donors (Lipinski definition) is 1. The van der Waals surface area contributed by atoms with Crippen LogP contribution in [0.25, 0.3) is 0 Å². The lowest BCUT2D eigenvalue weighted by Gasteiger charge is -2.12. The zero-order valence-electron chi connectivity index (χ0n) is 11.1. The van der Waals surface area contributed by atoms with Crippen LogP contribution in [0, 0.1) is 5.92 Å². The molecule has 1 unspecified atom stereocenters. The summed E-state index contributed by atoms with van der Waals surface area (Å²) in [6.07, 6.45) is 1.80. The second-order valence-corrected chi connectivity index (χ2v) is 4.42. The quantitative estimate of drug-likeness (QED) is 0.810. The Morgan fingerprint density at radius 1 is 1.33 bits per heavy atom. The summed E-state index contributed by atoms with van der Waals surface area (Å²) in [6.45, 7) is 1.95. The molecule has 1 aromatic carbocycles. The number of hydrogen-bond acceptors (Lipinski definition) is 3. The fourth-order valence-electron chi connectivity index (χ4n) is 1.88. The van der Waals surface area contributed by atoms with Crippen LogP contribution in [0.15, 0.2) is 18.2 Å². The number of carboxylic acids is 1. The van der Waals surface area contributed by atoms with Crippen LogP contribution in [0.3, 0.4) is 0 Å². The molecule has 0 aliphatic carbocycles. The molecule has 0 heterocycles. The average Bonchev–Trinajstić information content (AvgIpc) is 2.35. The summed E-state index contributed by atoms with van der Waals surface area (Å²) < 4.78 is 10.5. The Bertz CT molecular complexity index is 401. The van der Waals surface area contributed by atoms with Crippen molar-refractivity contribution in [2.45, 2.75) is 26.2 Å². The molecule has 0 spiro atoms. The van der Waals surface area contributed by atoms with E-state index in [1.54, 1.807) is 14.2 Å². The molecular formula is C14H20O4. The van der Waals surface area contributed by atoms with Gasteiger partial charge in [0.05, 0.1) is 14.2 Å². The lowest BCUT2D eigenvalue weighted by molar-refractivity contribution is -0.138. The molecule has 0 fully saturated rings. The van der Waals surface area contributed by atoms with Gasteiger partial charge < -0.3 is 14.6 Å². The van der Waals surface area contributed by atoms with Crippen LogP contribution in [0.1, 0.15) is 25.3 Å². The SMILES string of the molecule is COc1ccc(OC)c(CCC(C)CC(=O)O)c1. The first kappa shape index (κ1) is 14.4. The number of carboxylic acid groups (broad SMARTS) is 1. The first-order valence-corrected chi connectivity index (χ1v) is 5.99. The normalized spacial score (nSPS) is 11.9. The highest BCUT2D eigenvalue weighted by Crippen LogP contribution is 2.26. The molecule has 1 rings (SSSR count). The van der Waals surface area contributed by atoms with Gasteiger partial charge in [0, 0.05) is 6.42 Å². The number of carbonyl (C=O) groups is 1. The Labute approximate surface area is 108 Å². The van der Waals surface area contributed by atoms with Gasteiger partial charge in [-0.3, -0.25) is 4.79 Å². The van der Waals surface area contributed by atoms with Crippen LogP contribution in [-0.4, -0.2) is 25.3 Å². The second kappa shape index (κ2) is 6.89. The van der Waals surface area contributed by atoms with Gasteiger partial charge in [0.25, 0.3) is 0 Å². The summed E-state index contributed by atoms with van der Waals surface area (Å²) in [5.74, 6) is 1.01. The number of rotatable bonds is 7. The van der Waals surface area contributed by atoms with E-state index in [1.165, 1.54) is 0 Å². The van der Waals surface area contributed by atoms with Crippen LogP contribution < -0.4 is 9.47 Å². The zero-order valence-corrected chi connectivity index (χ0v) is 11.1. The summed E-state index contributed by atoms with van der Waals surface area (Å²) in [7, 11) is 3.25. The molecule has 0 bridgehead atoms. The molecule has 100 valence electrons. The predicted molar refractivity (Wildman–Crippen MR) is 69.3 cm³/mol. The van der Waals surface area contributed by atoms with Crippen molar-refractivity contribution in [3.8, 4) is 11.5 Å². The van der Waals surface area contributed by atoms with Gasteiger partial charge in [-0.1, -0.05) is 6.92 Å². The predicted octanol–water partition coefficient (Wildman–Crippen LogP) is 2.75. The molecular weight excluding hydrogens is 232 g/mol. The van der Waals surface area contributed by atoms with E-state index in [0.29, 0.717) is 0 Å². The standard InChI is InChI=1S/C14H20O4/c1-10(8-14(15)16)4-5-11-9-12(17-2)6-7-13(11)18-3/h6-7,9-10H,4-5,8H2,1-3H3,(H,15,16). The lowest BCUT2D eigenvalue weighted by Crippen LogP contribution is -2.05. The summed E-state index contributed by atoms with van der Waals surface area (Å²) in [5, 5.41) is 8.72. The molecule has 4 nitrogen and oxygen atoms in total. The monoisotopic (exact) mass is 252 g/mol. The van der Waals surface area contributed by atoms with Crippen molar-refractivity contribution in [3.63, 3.8) is 0 Å². The second-order valence-electron chi connectivity index (χ2n) is 4.42. The number of benzene rings is 1. The van der Waals surface area contributed by atoms with Crippen molar-refractivity contribution < 1.29 is 19.4 Å². The highest BCUT2D eigenvalue weighted by Gasteiger charge is 2.10. The van der Waals surface area contributed by atoms with Gasteiger partial charge in [0.1, 0.15) is 11.5 Å². The fourth-order valence-corrected chi connectivity index (χ4v) is 1.88. The smallest absolute Gasteiger partial charge is 0.303 e. The van der Waals surface area contributed by atoms with E-state index in [9.17, 15) is 4.79 Å². The van der Waals surface area contributed by atoms with Crippen molar-refractivity contribution >= 4 is 5.97 Å². The highest BCUT2D eigenvalue weighted by molar-refractivity contribution is 5.66. The molecule has 0 aliphatic heterocycles. The van der Waals surface area contributed by atoms with Gasteiger partial charge in [-0.25, -0.2) is 0 Å². The Morgan fingerprint density at radius 2 is 2.06 bits per heavy atom. The van der Waals surface area contributed by atoms with E-state index >= 15 is 0 Å². The molecule has 0 saturated heterocycles. The Morgan fingerprint density at radius 3 is 2.61 bits per heavy atom. The maximum Gasteiger partial charge on any atom is 0.303 e. The minimum atomic E-state index is -0.750. The lowest BCUT2D eigenvalue weighted by atomic mass is 9.98. The fraction of sp³-hybridized carbons (Fsp3) is 0.500. The van der Waals surface area contributed by atoms with Gasteiger partial charge in [-0.2, -0.15) is 0 Å². The van der Waals surface area contributed by atoms with Crippen molar-refractivity contribution in [1.29, 1.82) is 0 Å². The largest absolute Gasteiger partial charge is 0.497 e. The van der Waals surface area contributed by atoms with Crippen LogP contribution in [0.4, 0.5) is 0 Å². The van der Waals surface area contributed by atoms with E-state index in [1.807, 2.05) is 25.1 Å². The third-order valence-electron chi connectivity index (χ3n) is 2.92. The third-order valence-corrected chi connectivity index (χ3v) is 2.92. The van der Waals surface area contributed by atoms with Crippen LogP contribution in [0.5, 0.6) is 11.5 Å². The van der Waals surface area contributed by atoms with E-state index in [-0.39, 0.29) is 12.3 Å². The van der Waals surface area contributed by atoms with Crippen LogP contribution >= 0.6 is 0 Å². The van der Waals surface area contributed by atoms with Gasteiger partial charge in [0.2, 0.25) is 0 Å². The molecule has 0 amide bonds. The third kappa shape index (κ3) is 4.28. The van der Waals surface area contributed by atoms with Gasteiger partial charge in [-0.15, -0.1) is 0 Å². The maximum atomic E-state index is 10.6. The molecule has 4 heteroatoms. The van der Waals surface area contributed by atoms with E-state index in [0.717, 1.165) is 29.9 Å². The minimum absolute atomic E-state index is 0.151. The van der Waals surface area contributed by atoms with Crippen molar-refractivity contribution in [2.24, 2.45) is 5.92 Å². The van der Waals surface area contributed by atoms with Gasteiger partial charge >= 0.3 is 5.97 Å². The number of ether oxygens (including phenoxy) is 2. The summed E-state index contributed by atoms with van der Waals surface area (Å²) in [5.41, 5.74) is 1.05. The Hall–Kier alpha value is -1.71. The molecule has 18 heavy (non-hydrogen) atoms. The topological polar surface area (TPSA) is 55.8 Å². The van der Waals surface area contributed by atoms with Crippen LogP contribution in [-0.2, 0) is 11.2 Å². The molecule has 0 aliphatic rings. The van der Waals surface area contributed by atoms with Crippen molar-refractivity contribution in [3.05, 3.63) is 23.8 Å². The average molecular weight is 252 g/mol. The molecule has 0 aromatic heterocycles. The van der Waals surface area contributed by atoms with Gasteiger partial charge in [-0.05, 0) is 42.5 Å². The number of methoxy groups -OCH3 is 2. The van der Waals surface area contributed by atoms with E-state index in [2.05, 4.69) is 0 Å². The zero-order chi connectivity index (χ0) is 13.5. The number of aliphatic carboxylic acids is 1. The molecule has 0 radical (unpaired) electrons. The molecule has 1 N–H and O–H groups in total. The summed E-state index contributed by atoms with van der Waals surface area (Å²) >= 11 is 0. The highest BCUT2D eigenvalue weighted by atomic mass is 16.5. The maximum absolute atomic E-state index is 10.6. The van der Waals surface area contributed by atoms with Gasteiger partial charge in [0.15, 0.2) is 0 Å². The molecule has 0 saturated carbocycles. The molecule has 1 aromatic rings. The Kier molecular flexibility index (Phi) is 5.49. The molecule has 1 atom stereocenters. The number of aryl methyl sites for hydroxylation is 1. The van der Waals surface area contributed by atoms with Crippen LogP contribution in [0.2, 0.25) is 0 Å². The van der Waals surface area contributed by atoms with Crippen molar-refractivity contribution in [1.82, 2.24) is 0 Å². The first-order chi connectivity index (χ1) is 8.56. The summed E-state index contributed by atoms with van der Waals surface area (Å²) in [6, 6.07) is 5.66.